The fraction of sp³-hybridized carbons (Fsp3) is 0.462. The highest BCUT2D eigenvalue weighted by molar-refractivity contribution is 8.13. The van der Waals surface area contributed by atoms with Crippen molar-refractivity contribution in [1.29, 1.82) is 0 Å². The lowest BCUT2D eigenvalue weighted by molar-refractivity contribution is 0.0928. The third-order valence-corrected chi connectivity index (χ3v) is 4.65. The fourth-order valence-electron chi connectivity index (χ4n) is 1.62. The lowest BCUT2D eigenvalue weighted by Gasteiger charge is -2.20. The number of hydrogen-bond donors (Lipinski definition) is 1. The molecule has 0 aliphatic heterocycles. The smallest absolute Gasteiger partial charge is 0.264 e. The van der Waals surface area contributed by atoms with Crippen molar-refractivity contribution < 1.29 is 17.6 Å². The Kier molecular flexibility index (Phi) is 5.53. The highest BCUT2D eigenvalue weighted by Crippen LogP contribution is 2.20. The van der Waals surface area contributed by atoms with Crippen LogP contribution in [0.5, 0.6) is 0 Å². The van der Waals surface area contributed by atoms with Gasteiger partial charge in [0.1, 0.15) is 10.7 Å². The summed E-state index contributed by atoms with van der Waals surface area (Å²) in [5.41, 5.74) is 0.0563. The molecule has 0 aromatic heterocycles. The van der Waals surface area contributed by atoms with Gasteiger partial charge in [-0.1, -0.05) is 20.3 Å². The molecule has 0 bridgehead atoms. The summed E-state index contributed by atoms with van der Waals surface area (Å²) < 4.78 is 35.8. The van der Waals surface area contributed by atoms with Crippen LogP contribution in [0.2, 0.25) is 0 Å². The van der Waals surface area contributed by atoms with Crippen molar-refractivity contribution in [2.45, 2.75) is 38.1 Å². The molecule has 0 heterocycles. The predicted molar refractivity (Wildman–Crippen MR) is 75.8 cm³/mol. The Morgan fingerprint density at radius 3 is 2.50 bits per heavy atom. The normalized spacial score (nSPS) is 14.7. The van der Waals surface area contributed by atoms with Gasteiger partial charge in [0, 0.05) is 22.3 Å². The summed E-state index contributed by atoms with van der Waals surface area (Å²) in [5, 5.41) is 2.75. The lowest BCUT2D eigenvalue weighted by Crippen LogP contribution is -2.36. The molecular formula is C13H17ClFNO3S. The Morgan fingerprint density at radius 1 is 1.40 bits per heavy atom. The van der Waals surface area contributed by atoms with Crippen molar-refractivity contribution in [3.63, 3.8) is 0 Å². The number of benzene rings is 1. The second-order valence-corrected chi connectivity index (χ2v) is 7.27. The van der Waals surface area contributed by atoms with E-state index in [1.54, 1.807) is 0 Å². The van der Waals surface area contributed by atoms with Crippen LogP contribution in [0.25, 0.3) is 0 Å². The lowest BCUT2D eigenvalue weighted by atomic mass is 10.0. The summed E-state index contributed by atoms with van der Waals surface area (Å²) in [4.78, 5) is 11.3. The van der Waals surface area contributed by atoms with Gasteiger partial charge in [-0.3, -0.25) is 4.79 Å². The summed E-state index contributed by atoms with van der Waals surface area (Å²) in [7, 11) is 0.898. The molecule has 0 saturated carbocycles. The van der Waals surface area contributed by atoms with Gasteiger partial charge < -0.3 is 5.32 Å². The zero-order valence-corrected chi connectivity index (χ0v) is 13.1. The van der Waals surface area contributed by atoms with Crippen molar-refractivity contribution in [2.75, 3.05) is 0 Å². The van der Waals surface area contributed by atoms with Crippen molar-refractivity contribution >= 4 is 25.6 Å². The molecule has 1 aromatic rings. The molecule has 0 radical (unpaired) electrons. The third kappa shape index (κ3) is 4.18. The molecule has 1 N–H and O–H groups in total. The number of hydrogen-bond acceptors (Lipinski definition) is 3. The van der Waals surface area contributed by atoms with E-state index in [1.165, 1.54) is 6.07 Å². The van der Waals surface area contributed by atoms with Gasteiger partial charge in [0.05, 0.1) is 0 Å². The zero-order valence-electron chi connectivity index (χ0n) is 11.5. The average Bonchev–Trinajstić information content (AvgIpc) is 2.36. The molecule has 20 heavy (non-hydrogen) atoms. The van der Waals surface area contributed by atoms with Crippen LogP contribution in [0.1, 0.15) is 37.6 Å². The topological polar surface area (TPSA) is 63.2 Å². The van der Waals surface area contributed by atoms with E-state index in [2.05, 4.69) is 5.32 Å². The number of halogens is 2. The van der Waals surface area contributed by atoms with Gasteiger partial charge in [0.25, 0.3) is 15.0 Å². The maximum Gasteiger partial charge on any atom is 0.264 e. The van der Waals surface area contributed by atoms with Crippen LogP contribution >= 0.6 is 10.7 Å². The molecule has 0 aliphatic rings. The minimum Gasteiger partial charge on any atom is -0.349 e. The van der Waals surface area contributed by atoms with Crippen LogP contribution < -0.4 is 5.32 Å². The number of rotatable bonds is 5. The Morgan fingerprint density at radius 2 is 2.00 bits per heavy atom. The largest absolute Gasteiger partial charge is 0.349 e. The Hall–Kier alpha value is -1.14. The van der Waals surface area contributed by atoms with Crippen LogP contribution in [0.15, 0.2) is 23.1 Å². The van der Waals surface area contributed by atoms with Crippen LogP contribution in [0.3, 0.4) is 0 Å². The van der Waals surface area contributed by atoms with E-state index >= 15 is 0 Å². The van der Waals surface area contributed by atoms with E-state index in [0.29, 0.717) is 0 Å². The van der Waals surface area contributed by atoms with Gasteiger partial charge in [0.15, 0.2) is 0 Å². The average molecular weight is 322 g/mol. The summed E-state index contributed by atoms with van der Waals surface area (Å²) in [5.74, 6) is -1.17. The molecule has 0 fully saturated rings. The maximum absolute atomic E-state index is 13.4. The molecule has 0 aliphatic carbocycles. The first kappa shape index (κ1) is 16.9. The second kappa shape index (κ2) is 6.54. The number of amides is 1. The third-order valence-electron chi connectivity index (χ3n) is 3.31. The Balaban J connectivity index is 3.01. The van der Waals surface area contributed by atoms with Gasteiger partial charge in [-0.2, -0.15) is 0 Å². The summed E-state index contributed by atoms with van der Waals surface area (Å²) in [6.07, 6.45) is 0.895. The molecule has 1 rings (SSSR count). The highest BCUT2D eigenvalue weighted by Gasteiger charge is 2.20. The van der Waals surface area contributed by atoms with E-state index in [0.717, 1.165) is 18.6 Å². The Bertz CT molecular complexity index is 604. The predicted octanol–water partition coefficient (Wildman–Crippen LogP) is 2.92. The van der Waals surface area contributed by atoms with Crippen LogP contribution in [0, 0.1) is 11.7 Å². The van der Waals surface area contributed by atoms with Crippen LogP contribution in [0.4, 0.5) is 4.39 Å². The maximum atomic E-state index is 13.4. The Labute approximate surface area is 122 Å². The summed E-state index contributed by atoms with van der Waals surface area (Å²) in [6, 6.07) is 3.00. The molecule has 0 saturated heterocycles. The zero-order chi connectivity index (χ0) is 15.5. The van der Waals surface area contributed by atoms with E-state index in [9.17, 15) is 17.6 Å². The van der Waals surface area contributed by atoms with Gasteiger partial charge >= 0.3 is 0 Å². The first-order valence-electron chi connectivity index (χ1n) is 6.21. The van der Waals surface area contributed by atoms with E-state index in [1.807, 2.05) is 20.8 Å². The van der Waals surface area contributed by atoms with E-state index < -0.39 is 25.7 Å². The molecule has 4 nitrogen and oxygen atoms in total. The van der Waals surface area contributed by atoms with Crippen LogP contribution in [-0.2, 0) is 9.05 Å². The first-order valence-corrected chi connectivity index (χ1v) is 8.52. The minimum atomic E-state index is -4.22. The van der Waals surface area contributed by atoms with Gasteiger partial charge in [-0.25, -0.2) is 12.8 Å². The van der Waals surface area contributed by atoms with E-state index in [4.69, 9.17) is 10.7 Å². The number of carbonyl (C=O) groups is 1. The van der Waals surface area contributed by atoms with Crippen molar-refractivity contribution in [1.82, 2.24) is 5.32 Å². The molecule has 2 atom stereocenters. The van der Waals surface area contributed by atoms with Gasteiger partial charge in [-0.15, -0.1) is 0 Å². The van der Waals surface area contributed by atoms with Crippen molar-refractivity contribution in [2.24, 2.45) is 5.92 Å². The number of nitrogens with one attached hydrogen (secondary N) is 1. The van der Waals surface area contributed by atoms with Crippen LogP contribution in [-0.4, -0.2) is 20.4 Å². The van der Waals surface area contributed by atoms with Gasteiger partial charge in [-0.05, 0) is 31.0 Å². The summed E-state index contributed by atoms with van der Waals surface area (Å²) in [6.45, 7) is 5.85. The molecule has 2 unspecified atom stereocenters. The number of carbonyl (C=O) groups excluding carboxylic acids is 1. The highest BCUT2D eigenvalue weighted by atomic mass is 35.7. The molecule has 7 heteroatoms. The molecule has 1 amide bonds. The second-order valence-electron chi connectivity index (χ2n) is 4.73. The fourth-order valence-corrected chi connectivity index (χ4v) is 2.54. The molecule has 112 valence electrons. The molecular weight excluding hydrogens is 305 g/mol. The van der Waals surface area contributed by atoms with E-state index in [-0.39, 0.29) is 17.5 Å². The molecule has 0 spiro atoms. The SMILES string of the molecule is CCC(C)C(C)NC(=O)c1ccc(F)c(S(=O)(=O)Cl)c1. The monoisotopic (exact) mass is 321 g/mol. The quantitative estimate of drug-likeness (QED) is 0.848. The standard InChI is InChI=1S/C13H17ClFNO3S/c1-4-8(2)9(3)16-13(17)10-5-6-11(15)12(7-10)20(14,18)19/h5-9H,4H2,1-3H3,(H,16,17). The van der Waals surface area contributed by atoms with Crippen molar-refractivity contribution in [3.05, 3.63) is 29.6 Å². The minimum absolute atomic E-state index is 0.0563. The molecule has 1 aromatic carbocycles. The first-order chi connectivity index (χ1) is 9.16. The summed E-state index contributed by atoms with van der Waals surface area (Å²) >= 11 is 0. The van der Waals surface area contributed by atoms with Gasteiger partial charge in [0.2, 0.25) is 0 Å². The van der Waals surface area contributed by atoms with Crippen molar-refractivity contribution in [3.8, 4) is 0 Å².